The Labute approximate surface area is 120 Å². The standard InChI is InChI=1S/C15H26O3S/c1-14(4-2-7-17-14)13(16)12-3-8-18-15(11-12)5-9-19-10-6-15/h12-13,16H,2-11H2,1H3. The zero-order valence-corrected chi connectivity index (χ0v) is 12.7. The highest BCUT2D eigenvalue weighted by Crippen LogP contribution is 2.43. The average Bonchev–Trinajstić information content (AvgIpc) is 2.87. The Bertz CT molecular complexity index is 303. The molecule has 0 aromatic carbocycles. The fourth-order valence-electron chi connectivity index (χ4n) is 3.96. The number of aliphatic hydroxyl groups excluding tert-OH is 1. The number of hydrogen-bond acceptors (Lipinski definition) is 4. The summed E-state index contributed by atoms with van der Waals surface area (Å²) in [5.41, 5.74) is -0.253. The highest BCUT2D eigenvalue weighted by Gasteiger charge is 2.47. The predicted molar refractivity (Wildman–Crippen MR) is 77.6 cm³/mol. The molecule has 0 saturated carbocycles. The third kappa shape index (κ3) is 2.82. The van der Waals surface area contributed by atoms with Gasteiger partial charge in [0.05, 0.1) is 17.3 Å². The Morgan fingerprint density at radius 1 is 1.16 bits per heavy atom. The van der Waals surface area contributed by atoms with Crippen LogP contribution in [0.5, 0.6) is 0 Å². The number of ether oxygens (including phenoxy) is 2. The molecular weight excluding hydrogens is 260 g/mol. The monoisotopic (exact) mass is 286 g/mol. The quantitative estimate of drug-likeness (QED) is 0.847. The first-order chi connectivity index (χ1) is 9.14. The Hall–Kier alpha value is 0.230. The molecule has 19 heavy (non-hydrogen) atoms. The fourth-order valence-corrected chi connectivity index (χ4v) is 5.20. The molecule has 3 atom stereocenters. The lowest BCUT2D eigenvalue weighted by atomic mass is 9.75. The minimum Gasteiger partial charge on any atom is -0.390 e. The van der Waals surface area contributed by atoms with Crippen LogP contribution >= 0.6 is 11.8 Å². The first kappa shape index (κ1) is 14.2. The van der Waals surface area contributed by atoms with Gasteiger partial charge in [-0.15, -0.1) is 0 Å². The topological polar surface area (TPSA) is 38.7 Å². The van der Waals surface area contributed by atoms with E-state index in [1.165, 1.54) is 11.5 Å². The van der Waals surface area contributed by atoms with E-state index in [1.807, 2.05) is 11.8 Å². The van der Waals surface area contributed by atoms with Crippen molar-refractivity contribution in [1.82, 2.24) is 0 Å². The zero-order chi connectivity index (χ0) is 13.3. The van der Waals surface area contributed by atoms with Gasteiger partial charge >= 0.3 is 0 Å². The Kier molecular flexibility index (Phi) is 4.14. The third-order valence-corrected chi connectivity index (χ3v) is 6.24. The Balaban J connectivity index is 1.67. The van der Waals surface area contributed by atoms with Gasteiger partial charge in [-0.05, 0) is 62.9 Å². The molecule has 110 valence electrons. The van der Waals surface area contributed by atoms with Crippen molar-refractivity contribution >= 4 is 11.8 Å². The van der Waals surface area contributed by atoms with Crippen LogP contribution in [-0.2, 0) is 9.47 Å². The molecular formula is C15H26O3S. The summed E-state index contributed by atoms with van der Waals surface area (Å²) in [5, 5.41) is 10.8. The fraction of sp³-hybridized carbons (Fsp3) is 1.00. The number of aliphatic hydroxyl groups is 1. The molecule has 3 aliphatic heterocycles. The second-order valence-electron chi connectivity index (χ2n) is 6.61. The smallest absolute Gasteiger partial charge is 0.0915 e. The molecule has 3 unspecified atom stereocenters. The van der Waals surface area contributed by atoms with Crippen LogP contribution in [0.25, 0.3) is 0 Å². The molecule has 0 aromatic rings. The maximum atomic E-state index is 10.8. The largest absolute Gasteiger partial charge is 0.390 e. The highest BCUT2D eigenvalue weighted by molar-refractivity contribution is 7.99. The number of rotatable bonds is 2. The summed E-state index contributed by atoms with van der Waals surface area (Å²) in [7, 11) is 0. The van der Waals surface area contributed by atoms with Gasteiger partial charge in [0.15, 0.2) is 0 Å². The van der Waals surface area contributed by atoms with E-state index in [1.54, 1.807) is 0 Å². The van der Waals surface area contributed by atoms with Gasteiger partial charge in [-0.3, -0.25) is 0 Å². The molecule has 1 spiro atoms. The molecule has 3 heterocycles. The van der Waals surface area contributed by atoms with Crippen LogP contribution in [0.1, 0.15) is 45.4 Å². The minimum absolute atomic E-state index is 0.0596. The van der Waals surface area contributed by atoms with Crippen LogP contribution in [0.15, 0.2) is 0 Å². The lowest BCUT2D eigenvalue weighted by molar-refractivity contribution is -0.158. The molecule has 1 N–H and O–H groups in total. The lowest BCUT2D eigenvalue weighted by Gasteiger charge is -2.46. The van der Waals surface area contributed by atoms with Crippen molar-refractivity contribution in [2.45, 2.75) is 62.8 Å². The van der Waals surface area contributed by atoms with Crippen LogP contribution < -0.4 is 0 Å². The maximum absolute atomic E-state index is 10.8. The van der Waals surface area contributed by atoms with E-state index < -0.39 is 0 Å². The van der Waals surface area contributed by atoms with Gasteiger partial charge in [-0.2, -0.15) is 11.8 Å². The second-order valence-corrected chi connectivity index (χ2v) is 7.83. The normalized spacial score (nSPS) is 40.4. The summed E-state index contributed by atoms with van der Waals surface area (Å²) in [6.07, 6.45) is 6.05. The first-order valence-corrected chi connectivity index (χ1v) is 8.83. The molecule has 3 nitrogen and oxygen atoms in total. The molecule has 4 heteroatoms. The zero-order valence-electron chi connectivity index (χ0n) is 11.9. The SMILES string of the molecule is CC1(C(O)C2CCOC3(CCSCC3)C2)CCCO1. The molecule has 0 aromatic heterocycles. The first-order valence-electron chi connectivity index (χ1n) is 7.67. The number of thioether (sulfide) groups is 1. The van der Waals surface area contributed by atoms with Gasteiger partial charge in [0.1, 0.15) is 0 Å². The van der Waals surface area contributed by atoms with E-state index in [0.29, 0.717) is 5.92 Å². The van der Waals surface area contributed by atoms with Gasteiger partial charge in [0, 0.05) is 13.2 Å². The summed E-state index contributed by atoms with van der Waals surface area (Å²) in [6.45, 7) is 3.70. The number of hydrogen-bond donors (Lipinski definition) is 1. The minimum atomic E-state index is -0.328. The summed E-state index contributed by atoms with van der Waals surface area (Å²) in [5.74, 6) is 2.76. The summed E-state index contributed by atoms with van der Waals surface area (Å²) >= 11 is 2.03. The van der Waals surface area contributed by atoms with Crippen molar-refractivity contribution in [2.24, 2.45) is 5.92 Å². The van der Waals surface area contributed by atoms with Crippen LogP contribution in [-0.4, -0.2) is 47.1 Å². The van der Waals surface area contributed by atoms with Crippen molar-refractivity contribution in [2.75, 3.05) is 24.7 Å². The van der Waals surface area contributed by atoms with Gasteiger partial charge in [0.25, 0.3) is 0 Å². The van der Waals surface area contributed by atoms with Crippen molar-refractivity contribution in [1.29, 1.82) is 0 Å². The average molecular weight is 286 g/mol. The van der Waals surface area contributed by atoms with E-state index in [2.05, 4.69) is 6.92 Å². The van der Waals surface area contributed by atoms with Crippen molar-refractivity contribution in [3.63, 3.8) is 0 Å². The van der Waals surface area contributed by atoms with E-state index in [4.69, 9.17) is 9.47 Å². The van der Waals surface area contributed by atoms with E-state index in [9.17, 15) is 5.11 Å². The van der Waals surface area contributed by atoms with E-state index in [-0.39, 0.29) is 17.3 Å². The molecule has 0 amide bonds. The van der Waals surface area contributed by atoms with Gasteiger partial charge in [-0.25, -0.2) is 0 Å². The van der Waals surface area contributed by atoms with Gasteiger partial charge < -0.3 is 14.6 Å². The van der Waals surface area contributed by atoms with E-state index >= 15 is 0 Å². The second kappa shape index (κ2) is 5.55. The van der Waals surface area contributed by atoms with Crippen molar-refractivity contribution in [3.8, 4) is 0 Å². The Morgan fingerprint density at radius 3 is 2.63 bits per heavy atom. The maximum Gasteiger partial charge on any atom is 0.0915 e. The summed E-state index contributed by atoms with van der Waals surface area (Å²) in [6, 6.07) is 0. The predicted octanol–water partition coefficient (Wildman–Crippen LogP) is 2.61. The summed E-state index contributed by atoms with van der Waals surface area (Å²) in [4.78, 5) is 0. The molecule has 3 fully saturated rings. The molecule has 3 aliphatic rings. The third-order valence-electron chi connectivity index (χ3n) is 5.26. The van der Waals surface area contributed by atoms with Gasteiger partial charge in [0.2, 0.25) is 0 Å². The van der Waals surface area contributed by atoms with Crippen LogP contribution in [0, 0.1) is 5.92 Å². The molecule has 0 aliphatic carbocycles. The molecule has 3 saturated heterocycles. The Morgan fingerprint density at radius 2 is 1.95 bits per heavy atom. The molecule has 0 radical (unpaired) electrons. The molecule has 0 bridgehead atoms. The van der Waals surface area contributed by atoms with Crippen LogP contribution in [0.4, 0.5) is 0 Å². The molecule has 3 rings (SSSR count). The summed E-state index contributed by atoms with van der Waals surface area (Å²) < 4.78 is 12.0. The van der Waals surface area contributed by atoms with Crippen molar-refractivity contribution < 1.29 is 14.6 Å². The highest BCUT2D eigenvalue weighted by atomic mass is 32.2. The van der Waals surface area contributed by atoms with Crippen LogP contribution in [0.2, 0.25) is 0 Å². The van der Waals surface area contributed by atoms with Crippen LogP contribution in [0.3, 0.4) is 0 Å². The van der Waals surface area contributed by atoms with Crippen molar-refractivity contribution in [3.05, 3.63) is 0 Å². The van der Waals surface area contributed by atoms with E-state index in [0.717, 1.165) is 51.7 Å². The van der Waals surface area contributed by atoms with Gasteiger partial charge in [-0.1, -0.05) is 0 Å². The lowest BCUT2D eigenvalue weighted by Crippen LogP contribution is -2.51.